The van der Waals surface area contributed by atoms with Crippen LogP contribution in [0.2, 0.25) is 0 Å². The Balaban J connectivity index is 0.000000561. The molecule has 0 aromatic carbocycles. The second-order valence-electron chi connectivity index (χ2n) is 2.34. The third kappa shape index (κ3) is 2.35. The minimum atomic E-state index is 0.200. The Morgan fingerprint density at radius 1 is 1.33 bits per heavy atom. The lowest BCUT2D eigenvalue weighted by Gasteiger charge is -2.01. The molecule has 0 aliphatic carbocycles. The molecule has 1 aliphatic heterocycles. The van der Waals surface area contributed by atoms with E-state index in [9.17, 15) is 0 Å². The summed E-state index contributed by atoms with van der Waals surface area (Å²) >= 11 is 0. The summed E-state index contributed by atoms with van der Waals surface area (Å²) < 4.78 is 5.34. The van der Waals surface area contributed by atoms with Gasteiger partial charge in [-0.25, -0.2) is 0 Å². The lowest BCUT2D eigenvalue weighted by molar-refractivity contribution is 0.136. The second kappa shape index (κ2) is 5.78. The average molecular weight is 166 g/mol. The van der Waals surface area contributed by atoms with Gasteiger partial charge in [0.05, 0.1) is 12.7 Å². The fourth-order valence-corrected chi connectivity index (χ4v) is 1.12. The molecule has 0 amide bonds. The summed E-state index contributed by atoms with van der Waals surface area (Å²) in [5.74, 6) is 0. The van der Waals surface area contributed by atoms with Crippen molar-refractivity contribution in [3.05, 3.63) is 36.5 Å². The van der Waals surface area contributed by atoms with Gasteiger partial charge < -0.3 is 4.74 Å². The first kappa shape index (κ1) is 11.2. The summed E-state index contributed by atoms with van der Waals surface area (Å²) in [6, 6.07) is 0. The molecule has 0 aromatic rings. The van der Waals surface area contributed by atoms with Gasteiger partial charge in [0.25, 0.3) is 0 Å². The molecule has 1 atom stereocenters. The molecule has 68 valence electrons. The molecule has 0 bridgehead atoms. The highest BCUT2D eigenvalue weighted by molar-refractivity contribution is 5.37. The molecule has 1 nitrogen and oxygen atoms in total. The molecule has 0 spiro atoms. The van der Waals surface area contributed by atoms with Crippen LogP contribution in [0.15, 0.2) is 36.5 Å². The van der Waals surface area contributed by atoms with Crippen molar-refractivity contribution in [2.45, 2.75) is 26.9 Å². The summed E-state index contributed by atoms with van der Waals surface area (Å²) in [4.78, 5) is 0. The van der Waals surface area contributed by atoms with Crippen molar-refractivity contribution in [2.75, 3.05) is 6.61 Å². The zero-order valence-electron chi connectivity index (χ0n) is 8.26. The Labute approximate surface area is 75.4 Å². The number of ether oxygens (including phenoxy) is 1. The summed E-state index contributed by atoms with van der Waals surface area (Å²) in [6.07, 6.45) is 3.88. The normalized spacial score (nSPS) is 21.4. The molecular weight excluding hydrogens is 148 g/mol. The second-order valence-corrected chi connectivity index (χ2v) is 2.34. The van der Waals surface area contributed by atoms with E-state index in [1.165, 1.54) is 11.1 Å². The molecule has 1 aliphatic rings. The maximum atomic E-state index is 5.34. The lowest BCUT2D eigenvalue weighted by Crippen LogP contribution is -2.00. The topological polar surface area (TPSA) is 9.23 Å². The Morgan fingerprint density at radius 3 is 2.25 bits per heavy atom. The van der Waals surface area contributed by atoms with Crippen LogP contribution in [-0.2, 0) is 4.74 Å². The van der Waals surface area contributed by atoms with Crippen LogP contribution in [0.5, 0.6) is 0 Å². The zero-order chi connectivity index (χ0) is 9.56. The highest BCUT2D eigenvalue weighted by Gasteiger charge is 2.17. The molecule has 1 unspecified atom stereocenters. The average Bonchev–Trinajstić information content (AvgIpc) is 2.49. The highest BCUT2D eigenvalue weighted by Crippen LogP contribution is 2.21. The minimum Gasteiger partial charge on any atom is -0.369 e. The van der Waals surface area contributed by atoms with E-state index < -0.39 is 0 Å². The Hall–Kier alpha value is -0.820. The molecule has 0 N–H and O–H groups in total. The van der Waals surface area contributed by atoms with E-state index in [-0.39, 0.29) is 6.10 Å². The van der Waals surface area contributed by atoms with Crippen LogP contribution < -0.4 is 0 Å². The van der Waals surface area contributed by atoms with Crippen LogP contribution in [0.25, 0.3) is 0 Å². The lowest BCUT2D eigenvalue weighted by atomic mass is 10.1. The molecule has 1 rings (SSSR count). The van der Waals surface area contributed by atoms with Crippen molar-refractivity contribution in [3.8, 4) is 0 Å². The first-order valence-electron chi connectivity index (χ1n) is 4.39. The molecule has 0 saturated heterocycles. The van der Waals surface area contributed by atoms with E-state index in [2.05, 4.69) is 13.2 Å². The molecular formula is C11H18O. The molecule has 0 radical (unpaired) electrons. The van der Waals surface area contributed by atoms with Crippen LogP contribution in [0.1, 0.15) is 20.8 Å². The van der Waals surface area contributed by atoms with Crippen LogP contribution >= 0.6 is 0 Å². The Morgan fingerprint density at radius 2 is 1.92 bits per heavy atom. The Bertz CT molecular complexity index is 189. The molecule has 1 heteroatoms. The van der Waals surface area contributed by atoms with Gasteiger partial charge in [-0.05, 0) is 18.1 Å². The summed E-state index contributed by atoms with van der Waals surface area (Å²) in [6.45, 7) is 14.1. The van der Waals surface area contributed by atoms with E-state index in [1.807, 2.05) is 32.9 Å². The first-order valence-corrected chi connectivity index (χ1v) is 4.39. The SMILES string of the molecule is C=CC1=C(C=C)C(C)OC1.CC. The molecule has 12 heavy (non-hydrogen) atoms. The van der Waals surface area contributed by atoms with Crippen molar-refractivity contribution in [2.24, 2.45) is 0 Å². The quantitative estimate of drug-likeness (QED) is 0.612. The predicted octanol–water partition coefficient (Wildman–Crippen LogP) is 3.10. The molecule has 0 aromatic heterocycles. The van der Waals surface area contributed by atoms with E-state index >= 15 is 0 Å². The Kier molecular flexibility index (Phi) is 5.39. The summed E-state index contributed by atoms with van der Waals surface area (Å²) in [5, 5.41) is 0. The van der Waals surface area contributed by atoms with E-state index in [1.54, 1.807) is 0 Å². The minimum absolute atomic E-state index is 0.200. The maximum Gasteiger partial charge on any atom is 0.0804 e. The monoisotopic (exact) mass is 166 g/mol. The van der Waals surface area contributed by atoms with Gasteiger partial charge in [0, 0.05) is 0 Å². The van der Waals surface area contributed by atoms with Gasteiger partial charge in [0.2, 0.25) is 0 Å². The summed E-state index contributed by atoms with van der Waals surface area (Å²) in [7, 11) is 0. The molecule has 0 saturated carbocycles. The third-order valence-corrected chi connectivity index (χ3v) is 1.76. The zero-order valence-corrected chi connectivity index (χ0v) is 8.26. The van der Waals surface area contributed by atoms with Gasteiger partial charge in [-0.1, -0.05) is 39.2 Å². The van der Waals surface area contributed by atoms with Crippen molar-refractivity contribution in [3.63, 3.8) is 0 Å². The van der Waals surface area contributed by atoms with Gasteiger partial charge in [0.15, 0.2) is 0 Å². The molecule has 1 heterocycles. The van der Waals surface area contributed by atoms with Crippen molar-refractivity contribution in [1.29, 1.82) is 0 Å². The van der Waals surface area contributed by atoms with Crippen molar-refractivity contribution in [1.82, 2.24) is 0 Å². The van der Waals surface area contributed by atoms with Crippen molar-refractivity contribution < 1.29 is 4.74 Å². The summed E-state index contributed by atoms with van der Waals surface area (Å²) in [5.41, 5.74) is 2.34. The van der Waals surface area contributed by atoms with E-state index in [0.29, 0.717) is 6.61 Å². The standard InChI is InChI=1S/C9H12O.C2H6/c1-4-8-6-10-7(3)9(8)5-2;1-2/h4-5,7H,1-2,6H2,3H3;1-2H3. The fourth-order valence-electron chi connectivity index (χ4n) is 1.12. The van der Waals surface area contributed by atoms with Crippen LogP contribution in [0.3, 0.4) is 0 Å². The van der Waals surface area contributed by atoms with Gasteiger partial charge >= 0.3 is 0 Å². The van der Waals surface area contributed by atoms with Crippen molar-refractivity contribution >= 4 is 0 Å². The van der Waals surface area contributed by atoms with Gasteiger partial charge in [-0.15, -0.1) is 0 Å². The first-order chi connectivity index (χ1) is 5.79. The number of hydrogen-bond acceptors (Lipinski definition) is 1. The highest BCUT2D eigenvalue weighted by atomic mass is 16.5. The van der Waals surface area contributed by atoms with Crippen LogP contribution in [0, 0.1) is 0 Å². The fraction of sp³-hybridized carbons (Fsp3) is 0.455. The maximum absolute atomic E-state index is 5.34. The molecule has 0 fully saturated rings. The van der Waals surface area contributed by atoms with Gasteiger partial charge in [0.1, 0.15) is 0 Å². The van der Waals surface area contributed by atoms with Gasteiger partial charge in [-0.3, -0.25) is 0 Å². The van der Waals surface area contributed by atoms with Crippen LogP contribution in [-0.4, -0.2) is 12.7 Å². The van der Waals surface area contributed by atoms with E-state index in [0.717, 1.165) is 0 Å². The van der Waals surface area contributed by atoms with Crippen LogP contribution in [0.4, 0.5) is 0 Å². The largest absolute Gasteiger partial charge is 0.369 e. The predicted molar refractivity (Wildman–Crippen MR) is 54.2 cm³/mol. The van der Waals surface area contributed by atoms with Gasteiger partial charge in [-0.2, -0.15) is 0 Å². The third-order valence-electron chi connectivity index (χ3n) is 1.76. The number of rotatable bonds is 2. The smallest absolute Gasteiger partial charge is 0.0804 e. The van der Waals surface area contributed by atoms with E-state index in [4.69, 9.17) is 4.74 Å². The number of hydrogen-bond donors (Lipinski definition) is 0.